The van der Waals surface area contributed by atoms with Gasteiger partial charge in [-0.15, -0.1) is 0 Å². The van der Waals surface area contributed by atoms with Gasteiger partial charge in [0.05, 0.1) is 0 Å². The Hall–Kier alpha value is -0.366. The Morgan fingerprint density at radius 1 is 0.556 bits per heavy atom. The number of nitrogens with zero attached hydrogens (tertiary/aromatic N) is 2. The van der Waals surface area contributed by atoms with Gasteiger partial charge >= 0.3 is 0 Å². The van der Waals surface area contributed by atoms with Crippen LogP contribution in [0, 0.1) is 0 Å². The minimum absolute atomic E-state index is 1.08. The zero-order valence-corrected chi connectivity index (χ0v) is 15.0. The van der Waals surface area contributed by atoms with Gasteiger partial charge in [-0.2, -0.15) is 0 Å². The van der Waals surface area contributed by atoms with Crippen molar-refractivity contribution < 1.29 is 9.05 Å². The van der Waals surface area contributed by atoms with Crippen LogP contribution in [0.25, 0.3) is 0 Å². The fourth-order valence-corrected chi connectivity index (χ4v) is 6.28. The SMILES string of the molecule is CC[Si](CC)(CC)O/N=N/O[Si](CC)(CC)CC. The second-order valence-corrected chi connectivity index (χ2v) is 14.2. The van der Waals surface area contributed by atoms with Gasteiger partial charge in [0.15, 0.2) is 0 Å². The molecule has 0 aliphatic heterocycles. The maximum absolute atomic E-state index is 5.70. The van der Waals surface area contributed by atoms with Crippen molar-refractivity contribution >= 4 is 16.6 Å². The first-order valence-electron chi connectivity index (χ1n) is 7.34. The highest BCUT2D eigenvalue weighted by molar-refractivity contribution is 6.73. The standard InChI is InChI=1S/C12H30N2O2Si2/c1-7-17(8-2,9-3)15-13-14-16-18(10-4,11-5)12-6/h7-12H2,1-6H3/b14-13+. The minimum Gasteiger partial charge on any atom is -0.437 e. The Morgan fingerprint density at radius 3 is 0.944 bits per heavy atom. The van der Waals surface area contributed by atoms with E-state index in [1.54, 1.807) is 0 Å². The molecule has 0 aromatic heterocycles. The van der Waals surface area contributed by atoms with Crippen LogP contribution in [0.3, 0.4) is 0 Å². The topological polar surface area (TPSA) is 43.2 Å². The van der Waals surface area contributed by atoms with Gasteiger partial charge in [-0.1, -0.05) is 41.5 Å². The first-order valence-corrected chi connectivity index (χ1v) is 12.4. The van der Waals surface area contributed by atoms with E-state index in [0.717, 1.165) is 36.3 Å². The molecule has 0 unspecified atom stereocenters. The van der Waals surface area contributed by atoms with Crippen LogP contribution in [0.15, 0.2) is 10.6 Å². The Kier molecular flexibility index (Phi) is 8.51. The van der Waals surface area contributed by atoms with Crippen LogP contribution in [0.1, 0.15) is 41.5 Å². The molecule has 18 heavy (non-hydrogen) atoms. The van der Waals surface area contributed by atoms with Gasteiger partial charge in [0.2, 0.25) is 0 Å². The lowest BCUT2D eigenvalue weighted by atomic mass is 10.9. The summed E-state index contributed by atoms with van der Waals surface area (Å²) in [6.45, 7) is 13.1. The fraction of sp³-hybridized carbons (Fsp3) is 1.00. The summed E-state index contributed by atoms with van der Waals surface area (Å²) in [6.07, 6.45) is 0. The molecule has 0 bridgehead atoms. The van der Waals surface area contributed by atoms with Crippen molar-refractivity contribution in [2.24, 2.45) is 10.6 Å². The van der Waals surface area contributed by atoms with Crippen LogP contribution in [-0.2, 0) is 9.05 Å². The van der Waals surface area contributed by atoms with E-state index in [9.17, 15) is 0 Å². The van der Waals surface area contributed by atoms with Crippen molar-refractivity contribution in [1.82, 2.24) is 0 Å². The maximum atomic E-state index is 5.70. The quantitative estimate of drug-likeness (QED) is 0.311. The summed E-state index contributed by atoms with van der Waals surface area (Å²) in [5.41, 5.74) is 0. The molecule has 0 aliphatic carbocycles. The van der Waals surface area contributed by atoms with Gasteiger partial charge in [0.1, 0.15) is 0 Å². The molecule has 0 radical (unpaired) electrons. The summed E-state index contributed by atoms with van der Waals surface area (Å²) >= 11 is 0. The van der Waals surface area contributed by atoms with Gasteiger partial charge in [-0.3, -0.25) is 0 Å². The minimum atomic E-state index is -1.67. The fourth-order valence-electron chi connectivity index (χ4n) is 2.09. The summed E-state index contributed by atoms with van der Waals surface area (Å²) in [4.78, 5) is 0. The lowest BCUT2D eigenvalue weighted by Crippen LogP contribution is -2.35. The van der Waals surface area contributed by atoms with Crippen molar-refractivity contribution in [2.75, 3.05) is 0 Å². The highest BCUT2D eigenvalue weighted by atomic mass is 28.4. The van der Waals surface area contributed by atoms with Crippen LogP contribution in [0.4, 0.5) is 0 Å². The van der Waals surface area contributed by atoms with E-state index in [4.69, 9.17) is 9.05 Å². The third kappa shape index (κ3) is 4.72. The predicted molar refractivity (Wildman–Crippen MR) is 81.4 cm³/mol. The average molecular weight is 291 g/mol. The Balaban J connectivity index is 4.40. The summed E-state index contributed by atoms with van der Waals surface area (Å²) in [6, 6.07) is 6.48. The molecule has 4 nitrogen and oxygen atoms in total. The molecule has 0 rings (SSSR count). The maximum Gasteiger partial charge on any atom is 0.289 e. The molecule has 0 fully saturated rings. The largest absolute Gasteiger partial charge is 0.437 e. The highest BCUT2D eigenvalue weighted by Crippen LogP contribution is 2.24. The summed E-state index contributed by atoms with van der Waals surface area (Å²) in [5.74, 6) is 0. The molecule has 0 aromatic carbocycles. The van der Waals surface area contributed by atoms with Gasteiger partial charge in [-0.05, 0) is 36.3 Å². The van der Waals surface area contributed by atoms with Gasteiger partial charge in [0.25, 0.3) is 16.6 Å². The molecular formula is C12H30N2O2Si2. The van der Waals surface area contributed by atoms with Crippen LogP contribution in [0.2, 0.25) is 36.3 Å². The molecule has 6 heteroatoms. The third-order valence-corrected chi connectivity index (χ3v) is 13.0. The molecule has 108 valence electrons. The molecule has 0 amide bonds. The smallest absolute Gasteiger partial charge is 0.289 e. The van der Waals surface area contributed by atoms with Crippen molar-refractivity contribution in [3.8, 4) is 0 Å². The van der Waals surface area contributed by atoms with Crippen LogP contribution >= 0.6 is 0 Å². The van der Waals surface area contributed by atoms with Crippen LogP contribution < -0.4 is 0 Å². The van der Waals surface area contributed by atoms with Crippen LogP contribution in [-0.4, -0.2) is 16.6 Å². The first kappa shape index (κ1) is 17.6. The van der Waals surface area contributed by atoms with E-state index in [2.05, 4.69) is 52.1 Å². The second kappa shape index (κ2) is 8.69. The Bertz CT molecular complexity index is 202. The zero-order chi connectivity index (χ0) is 14.1. The van der Waals surface area contributed by atoms with Crippen molar-refractivity contribution in [1.29, 1.82) is 0 Å². The van der Waals surface area contributed by atoms with Crippen molar-refractivity contribution in [3.63, 3.8) is 0 Å². The normalized spacial score (nSPS) is 13.0. The zero-order valence-electron chi connectivity index (χ0n) is 13.0. The molecule has 0 heterocycles. The molecule has 0 saturated heterocycles. The average Bonchev–Trinajstić information content (AvgIpc) is 2.45. The van der Waals surface area contributed by atoms with E-state index in [-0.39, 0.29) is 0 Å². The molecule has 0 N–H and O–H groups in total. The van der Waals surface area contributed by atoms with E-state index in [1.807, 2.05) is 0 Å². The number of hydrogen-bond donors (Lipinski definition) is 0. The number of rotatable bonds is 10. The third-order valence-electron chi connectivity index (χ3n) is 4.37. The van der Waals surface area contributed by atoms with E-state index < -0.39 is 16.6 Å². The molecule has 0 aliphatic rings. The lowest BCUT2D eigenvalue weighted by Gasteiger charge is -2.25. The predicted octanol–water partition coefficient (Wildman–Crippen LogP) is 5.31. The summed E-state index contributed by atoms with van der Waals surface area (Å²) in [5, 5.41) is 7.77. The molecular weight excluding hydrogens is 260 g/mol. The summed E-state index contributed by atoms with van der Waals surface area (Å²) in [7, 11) is -3.34. The van der Waals surface area contributed by atoms with Crippen LogP contribution in [0.5, 0.6) is 0 Å². The number of hydrogen-bond acceptors (Lipinski definition) is 4. The van der Waals surface area contributed by atoms with E-state index in [0.29, 0.717) is 0 Å². The molecule has 0 aromatic rings. The molecule has 0 saturated carbocycles. The van der Waals surface area contributed by atoms with E-state index in [1.165, 1.54) is 0 Å². The first-order chi connectivity index (χ1) is 8.57. The molecule has 0 spiro atoms. The van der Waals surface area contributed by atoms with Gasteiger partial charge < -0.3 is 9.05 Å². The van der Waals surface area contributed by atoms with Gasteiger partial charge in [-0.25, -0.2) is 0 Å². The highest BCUT2D eigenvalue weighted by Gasteiger charge is 2.33. The van der Waals surface area contributed by atoms with Crippen molar-refractivity contribution in [2.45, 2.75) is 77.8 Å². The van der Waals surface area contributed by atoms with Crippen molar-refractivity contribution in [3.05, 3.63) is 0 Å². The van der Waals surface area contributed by atoms with Gasteiger partial charge in [0, 0.05) is 10.6 Å². The lowest BCUT2D eigenvalue weighted by molar-refractivity contribution is 0.190. The Morgan fingerprint density at radius 2 is 0.778 bits per heavy atom. The second-order valence-electron chi connectivity index (χ2n) is 4.83. The Labute approximate surface area is 114 Å². The summed E-state index contributed by atoms with van der Waals surface area (Å²) < 4.78 is 11.4. The molecule has 0 atom stereocenters. The van der Waals surface area contributed by atoms with E-state index >= 15 is 0 Å². The monoisotopic (exact) mass is 290 g/mol.